The Morgan fingerprint density at radius 1 is 1.12 bits per heavy atom. The maximum absolute atomic E-state index is 12.1. The number of amides is 2. The first-order valence-corrected chi connectivity index (χ1v) is 9.08. The fourth-order valence-electron chi connectivity index (χ4n) is 2.71. The third kappa shape index (κ3) is 8.14. The van der Waals surface area contributed by atoms with E-state index in [9.17, 15) is 9.59 Å². The van der Waals surface area contributed by atoms with Crippen LogP contribution >= 0.6 is 0 Å². The van der Waals surface area contributed by atoms with Crippen LogP contribution in [0, 0.1) is 0 Å². The maximum Gasteiger partial charge on any atom is 0.240 e. The van der Waals surface area contributed by atoms with E-state index in [2.05, 4.69) is 29.4 Å². The molecule has 0 aromatic heterocycles. The largest absolute Gasteiger partial charge is 0.346 e. The molecular weight excluding hydrogens is 316 g/mol. The van der Waals surface area contributed by atoms with Gasteiger partial charge in [0.15, 0.2) is 0 Å². The molecule has 1 aromatic rings. The van der Waals surface area contributed by atoms with Crippen LogP contribution in [0.3, 0.4) is 0 Å². The quantitative estimate of drug-likeness (QED) is 0.525. The average molecular weight is 348 g/mol. The van der Waals surface area contributed by atoms with Crippen molar-refractivity contribution >= 4 is 11.8 Å². The second kappa shape index (κ2) is 11.6. The van der Waals surface area contributed by atoms with Crippen molar-refractivity contribution in [2.45, 2.75) is 52.2 Å². The van der Waals surface area contributed by atoms with E-state index in [1.54, 1.807) is 0 Å². The van der Waals surface area contributed by atoms with E-state index >= 15 is 0 Å². The molecule has 0 saturated heterocycles. The molecule has 1 aromatic carbocycles. The molecule has 0 heterocycles. The molecule has 0 fully saturated rings. The van der Waals surface area contributed by atoms with Gasteiger partial charge in [-0.1, -0.05) is 44.2 Å². The van der Waals surface area contributed by atoms with Crippen LogP contribution in [0.2, 0.25) is 0 Å². The number of nitrogens with two attached hydrogens (primary N) is 1. The van der Waals surface area contributed by atoms with Gasteiger partial charge < -0.3 is 16.4 Å². The molecule has 1 rings (SSSR count). The molecule has 0 spiro atoms. The highest BCUT2D eigenvalue weighted by Crippen LogP contribution is 2.02. The van der Waals surface area contributed by atoms with Crippen LogP contribution in [-0.2, 0) is 16.0 Å². The zero-order chi connectivity index (χ0) is 18.7. The van der Waals surface area contributed by atoms with Gasteiger partial charge in [-0.05, 0) is 44.8 Å². The standard InChI is InChI=1S/C19H32N4O2/c1-4-11-23(12-5-2)15(3)22-18(24)14-21-19(25)17(20)13-16-9-7-6-8-10-16/h6-10,15,17H,4-5,11-14,20H2,1-3H3,(H,21,25)(H,22,24). The first kappa shape index (κ1) is 21.1. The lowest BCUT2D eigenvalue weighted by Crippen LogP contribution is -2.51. The lowest BCUT2D eigenvalue weighted by molar-refractivity contribution is -0.127. The predicted molar refractivity (Wildman–Crippen MR) is 101 cm³/mol. The van der Waals surface area contributed by atoms with Crippen molar-refractivity contribution in [3.63, 3.8) is 0 Å². The molecule has 4 N–H and O–H groups in total. The molecule has 0 bridgehead atoms. The molecule has 2 amide bonds. The van der Waals surface area contributed by atoms with E-state index in [0.717, 1.165) is 31.5 Å². The van der Waals surface area contributed by atoms with Crippen LogP contribution in [0.1, 0.15) is 39.2 Å². The Balaban J connectivity index is 2.37. The summed E-state index contributed by atoms with van der Waals surface area (Å²) in [7, 11) is 0. The van der Waals surface area contributed by atoms with Crippen LogP contribution in [0.25, 0.3) is 0 Å². The summed E-state index contributed by atoms with van der Waals surface area (Å²) in [5, 5.41) is 5.54. The third-order valence-electron chi connectivity index (χ3n) is 4.00. The average Bonchev–Trinajstić information content (AvgIpc) is 2.60. The number of carbonyl (C=O) groups excluding carboxylic acids is 2. The molecule has 25 heavy (non-hydrogen) atoms. The van der Waals surface area contributed by atoms with Gasteiger partial charge in [0.2, 0.25) is 11.8 Å². The zero-order valence-corrected chi connectivity index (χ0v) is 15.6. The maximum atomic E-state index is 12.1. The lowest BCUT2D eigenvalue weighted by Gasteiger charge is -2.29. The second-order valence-corrected chi connectivity index (χ2v) is 6.29. The van der Waals surface area contributed by atoms with Crippen molar-refractivity contribution in [1.29, 1.82) is 0 Å². The lowest BCUT2D eigenvalue weighted by atomic mass is 10.1. The Morgan fingerprint density at radius 3 is 2.28 bits per heavy atom. The summed E-state index contributed by atoms with van der Waals surface area (Å²) in [5.74, 6) is -0.518. The molecule has 6 heteroatoms. The summed E-state index contributed by atoms with van der Waals surface area (Å²) in [6.45, 7) is 8.01. The highest BCUT2D eigenvalue weighted by atomic mass is 16.2. The fraction of sp³-hybridized carbons (Fsp3) is 0.579. The number of carbonyl (C=O) groups is 2. The van der Waals surface area contributed by atoms with Crippen LogP contribution in [0.4, 0.5) is 0 Å². The van der Waals surface area contributed by atoms with Crippen LogP contribution in [0.15, 0.2) is 30.3 Å². The first-order valence-electron chi connectivity index (χ1n) is 9.08. The molecule has 140 valence electrons. The Morgan fingerprint density at radius 2 is 1.72 bits per heavy atom. The van der Waals surface area contributed by atoms with Crippen molar-refractivity contribution in [2.75, 3.05) is 19.6 Å². The van der Waals surface area contributed by atoms with E-state index in [0.29, 0.717) is 6.42 Å². The summed E-state index contributed by atoms with van der Waals surface area (Å²) in [6, 6.07) is 8.93. The Bertz CT molecular complexity index is 515. The molecule has 0 aliphatic carbocycles. The van der Waals surface area contributed by atoms with E-state index < -0.39 is 6.04 Å². The van der Waals surface area contributed by atoms with Crippen LogP contribution < -0.4 is 16.4 Å². The van der Waals surface area contributed by atoms with Gasteiger partial charge in [-0.15, -0.1) is 0 Å². The van der Waals surface area contributed by atoms with E-state index in [-0.39, 0.29) is 24.5 Å². The highest BCUT2D eigenvalue weighted by Gasteiger charge is 2.17. The molecule has 2 atom stereocenters. The number of rotatable bonds is 11. The number of nitrogens with one attached hydrogen (secondary N) is 2. The summed E-state index contributed by atoms with van der Waals surface area (Å²) >= 11 is 0. The highest BCUT2D eigenvalue weighted by molar-refractivity contribution is 5.87. The molecule has 2 unspecified atom stereocenters. The Labute approximate surface area is 151 Å². The zero-order valence-electron chi connectivity index (χ0n) is 15.6. The van der Waals surface area contributed by atoms with E-state index in [1.807, 2.05) is 37.3 Å². The second-order valence-electron chi connectivity index (χ2n) is 6.29. The monoisotopic (exact) mass is 348 g/mol. The van der Waals surface area contributed by atoms with Crippen molar-refractivity contribution in [1.82, 2.24) is 15.5 Å². The summed E-state index contributed by atoms with van der Waals surface area (Å²) in [4.78, 5) is 26.3. The van der Waals surface area contributed by atoms with E-state index in [4.69, 9.17) is 5.73 Å². The van der Waals surface area contributed by atoms with Crippen molar-refractivity contribution in [2.24, 2.45) is 5.73 Å². The topological polar surface area (TPSA) is 87.5 Å². The van der Waals surface area contributed by atoms with Crippen LogP contribution in [-0.4, -0.2) is 48.6 Å². The van der Waals surface area contributed by atoms with Crippen molar-refractivity contribution in [3.05, 3.63) is 35.9 Å². The number of nitrogens with zero attached hydrogens (tertiary/aromatic N) is 1. The molecule has 0 saturated carbocycles. The van der Waals surface area contributed by atoms with Crippen molar-refractivity contribution < 1.29 is 9.59 Å². The van der Waals surface area contributed by atoms with Gasteiger partial charge in [-0.3, -0.25) is 14.5 Å². The first-order chi connectivity index (χ1) is 12.0. The minimum atomic E-state index is -0.663. The molecule has 0 radical (unpaired) electrons. The number of hydrogen-bond donors (Lipinski definition) is 3. The predicted octanol–water partition coefficient (Wildman–Crippen LogP) is 1.26. The smallest absolute Gasteiger partial charge is 0.240 e. The Hall–Kier alpha value is -1.92. The number of benzene rings is 1. The van der Waals surface area contributed by atoms with Gasteiger partial charge >= 0.3 is 0 Å². The Kier molecular flexibility index (Phi) is 9.80. The molecule has 0 aliphatic rings. The summed E-state index contributed by atoms with van der Waals surface area (Å²) in [6.07, 6.45) is 2.46. The van der Waals surface area contributed by atoms with Crippen LogP contribution in [0.5, 0.6) is 0 Å². The minimum absolute atomic E-state index is 0.0534. The molecule has 0 aliphatic heterocycles. The van der Waals surface area contributed by atoms with Gasteiger partial charge in [-0.2, -0.15) is 0 Å². The summed E-state index contributed by atoms with van der Waals surface area (Å²) in [5.41, 5.74) is 6.91. The van der Waals surface area contributed by atoms with Gasteiger partial charge in [0.05, 0.1) is 18.8 Å². The third-order valence-corrected chi connectivity index (χ3v) is 4.00. The van der Waals surface area contributed by atoms with Gasteiger partial charge in [0.1, 0.15) is 0 Å². The SMILES string of the molecule is CCCN(CCC)C(C)NC(=O)CNC(=O)C(N)Cc1ccccc1. The van der Waals surface area contributed by atoms with Gasteiger partial charge in [0, 0.05) is 0 Å². The summed E-state index contributed by atoms with van der Waals surface area (Å²) < 4.78 is 0. The van der Waals surface area contributed by atoms with Crippen molar-refractivity contribution in [3.8, 4) is 0 Å². The fourth-order valence-corrected chi connectivity index (χ4v) is 2.71. The van der Waals surface area contributed by atoms with Gasteiger partial charge in [0.25, 0.3) is 0 Å². The molecule has 6 nitrogen and oxygen atoms in total. The normalized spacial score (nSPS) is 13.3. The van der Waals surface area contributed by atoms with E-state index in [1.165, 1.54) is 0 Å². The molecular formula is C19H32N4O2. The van der Waals surface area contributed by atoms with Gasteiger partial charge in [-0.25, -0.2) is 0 Å². The number of hydrogen-bond acceptors (Lipinski definition) is 4. The minimum Gasteiger partial charge on any atom is -0.346 e.